The lowest BCUT2D eigenvalue weighted by Gasteiger charge is -2.15. The molecule has 1 saturated heterocycles. The summed E-state index contributed by atoms with van der Waals surface area (Å²) < 4.78 is 33.1. The molecule has 2 heterocycles. The summed E-state index contributed by atoms with van der Waals surface area (Å²) in [5.74, 6) is 0.264. The van der Waals surface area contributed by atoms with Gasteiger partial charge >= 0.3 is 0 Å². The van der Waals surface area contributed by atoms with Crippen molar-refractivity contribution in [3.05, 3.63) is 16.3 Å². The van der Waals surface area contributed by atoms with Crippen LogP contribution in [0, 0.1) is 5.92 Å². The second kappa shape index (κ2) is 7.69. The van der Waals surface area contributed by atoms with E-state index in [0.717, 1.165) is 30.9 Å². The number of hydrogen-bond acceptors (Lipinski definition) is 5. The minimum Gasteiger partial charge on any atom is -0.378 e. The predicted molar refractivity (Wildman–Crippen MR) is 85.0 cm³/mol. The minimum atomic E-state index is -3.43. The Bertz CT molecular complexity index is 542. The van der Waals surface area contributed by atoms with Crippen LogP contribution in [0.4, 0.5) is 0 Å². The van der Waals surface area contributed by atoms with Gasteiger partial charge in [0.25, 0.3) is 0 Å². The van der Waals surface area contributed by atoms with E-state index in [-0.39, 0.29) is 12.0 Å². The van der Waals surface area contributed by atoms with Crippen LogP contribution in [0.1, 0.15) is 31.6 Å². The van der Waals surface area contributed by atoms with Crippen molar-refractivity contribution in [1.29, 1.82) is 0 Å². The van der Waals surface area contributed by atoms with Gasteiger partial charge < -0.3 is 10.1 Å². The highest BCUT2D eigenvalue weighted by Crippen LogP contribution is 2.23. The van der Waals surface area contributed by atoms with E-state index in [4.69, 9.17) is 4.74 Å². The largest absolute Gasteiger partial charge is 0.378 e. The molecular formula is C14H24N2O3S2. The lowest BCUT2D eigenvalue weighted by molar-refractivity contribution is 0.107. The Balaban J connectivity index is 1.97. The molecule has 21 heavy (non-hydrogen) atoms. The van der Waals surface area contributed by atoms with Crippen LogP contribution < -0.4 is 10.0 Å². The molecule has 0 saturated carbocycles. The molecular weight excluding hydrogens is 308 g/mol. The Hall–Kier alpha value is -0.470. The third-order valence-electron chi connectivity index (χ3n) is 3.78. The van der Waals surface area contributed by atoms with Gasteiger partial charge in [-0.1, -0.05) is 6.92 Å². The molecule has 0 radical (unpaired) electrons. The summed E-state index contributed by atoms with van der Waals surface area (Å²) in [6, 6.07) is 1.69. The van der Waals surface area contributed by atoms with E-state index in [0.29, 0.717) is 18.0 Å². The van der Waals surface area contributed by atoms with Gasteiger partial charge in [0.15, 0.2) is 0 Å². The SMILES string of the molecule is CCCNCc1sccc1S(=O)(=O)NCC1CCOC1C. The molecule has 7 heteroatoms. The van der Waals surface area contributed by atoms with E-state index >= 15 is 0 Å². The van der Waals surface area contributed by atoms with E-state index < -0.39 is 10.0 Å². The van der Waals surface area contributed by atoms with Crippen LogP contribution >= 0.6 is 11.3 Å². The van der Waals surface area contributed by atoms with Crippen LogP contribution in [0.5, 0.6) is 0 Å². The standard InChI is InChI=1S/C14H24N2O3S2/c1-3-6-15-10-13-14(5-8-20-13)21(17,18)16-9-12-4-7-19-11(12)2/h5,8,11-12,15-16H,3-4,6-7,9-10H2,1-2H3. The Morgan fingerprint density at radius 3 is 2.95 bits per heavy atom. The van der Waals surface area contributed by atoms with Crippen LogP contribution in [0.15, 0.2) is 16.3 Å². The Kier molecular flexibility index (Phi) is 6.19. The molecule has 1 aromatic rings. The number of sulfonamides is 1. The summed E-state index contributed by atoms with van der Waals surface area (Å²) in [7, 11) is -3.43. The van der Waals surface area contributed by atoms with Crippen LogP contribution in [0.25, 0.3) is 0 Å². The maximum Gasteiger partial charge on any atom is 0.241 e. The lowest BCUT2D eigenvalue weighted by Crippen LogP contribution is -2.32. The maximum absolute atomic E-state index is 12.4. The molecule has 2 rings (SSSR count). The topological polar surface area (TPSA) is 67.4 Å². The highest BCUT2D eigenvalue weighted by atomic mass is 32.2. The third kappa shape index (κ3) is 4.50. The van der Waals surface area contributed by atoms with E-state index in [1.54, 1.807) is 6.07 Å². The zero-order chi connectivity index (χ0) is 15.3. The summed E-state index contributed by atoms with van der Waals surface area (Å²) in [6.07, 6.45) is 2.07. The van der Waals surface area contributed by atoms with Crippen molar-refractivity contribution in [3.63, 3.8) is 0 Å². The Labute approximate surface area is 131 Å². The molecule has 0 aliphatic carbocycles. The fourth-order valence-corrected chi connectivity index (χ4v) is 4.92. The van der Waals surface area contributed by atoms with Crippen LogP contribution in [-0.4, -0.2) is 34.2 Å². The Morgan fingerprint density at radius 1 is 1.48 bits per heavy atom. The fourth-order valence-electron chi connectivity index (χ4n) is 2.41. The van der Waals surface area contributed by atoms with Crippen molar-refractivity contribution < 1.29 is 13.2 Å². The monoisotopic (exact) mass is 332 g/mol. The summed E-state index contributed by atoms with van der Waals surface area (Å²) in [4.78, 5) is 1.27. The van der Waals surface area contributed by atoms with Crippen LogP contribution in [-0.2, 0) is 21.3 Å². The molecule has 1 aromatic heterocycles. The molecule has 1 aliphatic heterocycles. The highest BCUT2D eigenvalue weighted by molar-refractivity contribution is 7.89. The first-order valence-electron chi connectivity index (χ1n) is 7.43. The van der Waals surface area contributed by atoms with Crippen molar-refractivity contribution in [3.8, 4) is 0 Å². The summed E-state index contributed by atoms with van der Waals surface area (Å²) in [5.41, 5.74) is 0. The molecule has 0 amide bonds. The fraction of sp³-hybridized carbons (Fsp3) is 0.714. The van der Waals surface area contributed by atoms with Gasteiger partial charge in [0.1, 0.15) is 0 Å². The van der Waals surface area contributed by atoms with Crippen molar-refractivity contribution >= 4 is 21.4 Å². The molecule has 120 valence electrons. The average molecular weight is 332 g/mol. The second-order valence-corrected chi connectivity index (χ2v) is 8.10. The first-order valence-corrected chi connectivity index (χ1v) is 9.79. The smallest absolute Gasteiger partial charge is 0.241 e. The predicted octanol–water partition coefficient (Wildman–Crippen LogP) is 1.95. The molecule has 0 aromatic carbocycles. The maximum atomic E-state index is 12.4. The molecule has 1 fully saturated rings. The summed E-state index contributed by atoms with van der Waals surface area (Å²) in [6.45, 7) is 6.74. The van der Waals surface area contributed by atoms with Gasteiger partial charge in [-0.15, -0.1) is 11.3 Å². The van der Waals surface area contributed by atoms with E-state index in [2.05, 4.69) is 17.0 Å². The first kappa shape index (κ1) is 16.9. The van der Waals surface area contributed by atoms with Gasteiger partial charge in [0.05, 0.1) is 11.0 Å². The van der Waals surface area contributed by atoms with E-state index in [1.807, 2.05) is 12.3 Å². The van der Waals surface area contributed by atoms with E-state index in [1.165, 1.54) is 11.3 Å². The molecule has 0 spiro atoms. The highest BCUT2D eigenvalue weighted by Gasteiger charge is 2.27. The second-order valence-electron chi connectivity index (χ2n) is 5.36. The van der Waals surface area contributed by atoms with Crippen molar-refractivity contribution in [1.82, 2.24) is 10.0 Å². The normalized spacial score (nSPS) is 22.8. The minimum absolute atomic E-state index is 0.126. The number of hydrogen-bond donors (Lipinski definition) is 2. The zero-order valence-electron chi connectivity index (χ0n) is 12.6. The first-order chi connectivity index (χ1) is 10.0. The molecule has 2 N–H and O–H groups in total. The summed E-state index contributed by atoms with van der Waals surface area (Å²) in [5, 5.41) is 5.08. The molecule has 2 unspecified atom stereocenters. The number of ether oxygens (including phenoxy) is 1. The molecule has 0 bridgehead atoms. The average Bonchev–Trinajstić information content (AvgIpc) is 3.06. The molecule has 5 nitrogen and oxygen atoms in total. The quantitative estimate of drug-likeness (QED) is 0.714. The van der Waals surface area contributed by atoms with Crippen molar-refractivity contribution in [2.45, 2.75) is 44.2 Å². The van der Waals surface area contributed by atoms with Gasteiger partial charge in [-0.25, -0.2) is 13.1 Å². The van der Waals surface area contributed by atoms with Crippen LogP contribution in [0.3, 0.4) is 0 Å². The lowest BCUT2D eigenvalue weighted by atomic mass is 10.0. The van der Waals surface area contributed by atoms with Gasteiger partial charge in [0, 0.05) is 30.5 Å². The van der Waals surface area contributed by atoms with Crippen LogP contribution in [0.2, 0.25) is 0 Å². The van der Waals surface area contributed by atoms with Gasteiger partial charge in [0.2, 0.25) is 10.0 Å². The van der Waals surface area contributed by atoms with Gasteiger partial charge in [-0.05, 0) is 37.8 Å². The molecule has 2 atom stereocenters. The van der Waals surface area contributed by atoms with Crippen molar-refractivity contribution in [2.24, 2.45) is 5.92 Å². The van der Waals surface area contributed by atoms with E-state index in [9.17, 15) is 8.42 Å². The number of thiophene rings is 1. The summed E-state index contributed by atoms with van der Waals surface area (Å²) >= 11 is 1.48. The van der Waals surface area contributed by atoms with Gasteiger partial charge in [-0.3, -0.25) is 0 Å². The van der Waals surface area contributed by atoms with Gasteiger partial charge in [-0.2, -0.15) is 0 Å². The third-order valence-corrected chi connectivity index (χ3v) is 6.33. The zero-order valence-corrected chi connectivity index (χ0v) is 14.2. The Morgan fingerprint density at radius 2 is 2.29 bits per heavy atom. The van der Waals surface area contributed by atoms with Crippen molar-refractivity contribution in [2.75, 3.05) is 19.7 Å². The number of rotatable bonds is 8. The molecule has 1 aliphatic rings. The number of nitrogens with one attached hydrogen (secondary N) is 2.